The highest BCUT2D eigenvalue weighted by Gasteiger charge is 2.30. The van der Waals surface area contributed by atoms with Crippen LogP contribution >= 0.6 is 0 Å². The molecule has 0 radical (unpaired) electrons. The van der Waals surface area contributed by atoms with Gasteiger partial charge in [0.25, 0.3) is 0 Å². The highest BCUT2D eigenvalue weighted by molar-refractivity contribution is 5.78. The fourth-order valence-electron chi connectivity index (χ4n) is 3.49. The molecule has 0 aromatic carbocycles. The van der Waals surface area contributed by atoms with Crippen molar-refractivity contribution in [3.63, 3.8) is 0 Å². The first-order valence-corrected chi connectivity index (χ1v) is 8.26. The van der Waals surface area contributed by atoms with Gasteiger partial charge in [0.15, 0.2) is 0 Å². The second-order valence-corrected chi connectivity index (χ2v) is 6.72. The van der Waals surface area contributed by atoms with Crippen LogP contribution in [-0.2, 0) is 4.79 Å². The number of aliphatic hydroxyl groups excluding tert-OH is 1. The molecule has 0 aromatic rings. The van der Waals surface area contributed by atoms with Crippen LogP contribution in [0.25, 0.3) is 0 Å². The lowest BCUT2D eigenvalue weighted by molar-refractivity contribution is -0.124. The van der Waals surface area contributed by atoms with Crippen LogP contribution in [0.2, 0.25) is 0 Å². The van der Waals surface area contributed by atoms with Crippen LogP contribution in [-0.4, -0.2) is 47.7 Å². The van der Waals surface area contributed by atoms with Crippen molar-refractivity contribution in [2.75, 3.05) is 19.7 Å². The molecule has 2 aliphatic carbocycles. The molecule has 2 saturated carbocycles. The smallest absolute Gasteiger partial charge is 0.234 e. The summed E-state index contributed by atoms with van der Waals surface area (Å²) in [6.07, 6.45) is 7.21. The maximum Gasteiger partial charge on any atom is 0.234 e. The number of nitrogens with one attached hydrogen (secondary N) is 1. The van der Waals surface area contributed by atoms with E-state index in [1.807, 2.05) is 0 Å². The van der Waals surface area contributed by atoms with E-state index in [0.29, 0.717) is 37.0 Å². The zero-order chi connectivity index (χ0) is 14.5. The molecule has 116 valence electrons. The maximum atomic E-state index is 12.3. The Morgan fingerprint density at radius 1 is 1.20 bits per heavy atom. The van der Waals surface area contributed by atoms with Crippen LogP contribution in [0.3, 0.4) is 0 Å². The number of rotatable bonds is 6. The Morgan fingerprint density at radius 3 is 2.50 bits per heavy atom. The Balaban J connectivity index is 1.80. The van der Waals surface area contributed by atoms with Gasteiger partial charge in [-0.1, -0.05) is 33.1 Å². The fraction of sp³-hybridized carbons (Fsp3) is 0.938. The molecule has 2 N–H and O–H groups in total. The number of nitrogens with zero attached hydrogens (tertiary/aromatic N) is 1. The van der Waals surface area contributed by atoms with Gasteiger partial charge in [0, 0.05) is 18.6 Å². The third kappa shape index (κ3) is 3.95. The summed E-state index contributed by atoms with van der Waals surface area (Å²) in [5.41, 5.74) is 0. The van der Waals surface area contributed by atoms with Crippen molar-refractivity contribution >= 4 is 5.91 Å². The minimum atomic E-state index is 0.135. The molecule has 4 nitrogen and oxygen atoms in total. The van der Waals surface area contributed by atoms with E-state index in [1.54, 1.807) is 0 Å². The summed E-state index contributed by atoms with van der Waals surface area (Å²) < 4.78 is 0. The van der Waals surface area contributed by atoms with E-state index >= 15 is 0 Å². The summed E-state index contributed by atoms with van der Waals surface area (Å²) in [5.74, 6) is 1.41. The molecule has 0 aliphatic heterocycles. The van der Waals surface area contributed by atoms with E-state index in [2.05, 4.69) is 24.1 Å². The Kier molecular flexibility index (Phi) is 5.85. The highest BCUT2D eigenvalue weighted by Crippen LogP contribution is 2.29. The van der Waals surface area contributed by atoms with Crippen LogP contribution < -0.4 is 5.32 Å². The van der Waals surface area contributed by atoms with Gasteiger partial charge < -0.3 is 10.4 Å². The van der Waals surface area contributed by atoms with Crippen LogP contribution in [0.15, 0.2) is 0 Å². The molecule has 3 unspecified atom stereocenters. The van der Waals surface area contributed by atoms with Crippen molar-refractivity contribution < 1.29 is 9.90 Å². The SMILES string of the molecule is CC1CCCC(NC(=O)CN(CCO)C2CCC2)C1C. The molecular formula is C16H30N2O2. The van der Waals surface area contributed by atoms with E-state index in [4.69, 9.17) is 5.11 Å². The van der Waals surface area contributed by atoms with Crippen molar-refractivity contribution in [2.24, 2.45) is 11.8 Å². The lowest BCUT2D eigenvalue weighted by Gasteiger charge is -2.38. The first kappa shape index (κ1) is 15.8. The van der Waals surface area contributed by atoms with Gasteiger partial charge in [-0.15, -0.1) is 0 Å². The molecule has 2 fully saturated rings. The predicted octanol–water partition coefficient (Wildman–Crippen LogP) is 1.77. The molecule has 0 heterocycles. The third-order valence-electron chi connectivity index (χ3n) is 5.38. The Morgan fingerprint density at radius 2 is 1.90 bits per heavy atom. The zero-order valence-electron chi connectivity index (χ0n) is 13.0. The van der Waals surface area contributed by atoms with Crippen LogP contribution in [0.5, 0.6) is 0 Å². The lowest BCUT2D eigenvalue weighted by atomic mass is 9.78. The maximum absolute atomic E-state index is 12.3. The highest BCUT2D eigenvalue weighted by atomic mass is 16.3. The summed E-state index contributed by atoms with van der Waals surface area (Å²) >= 11 is 0. The Hall–Kier alpha value is -0.610. The van der Waals surface area contributed by atoms with Crippen molar-refractivity contribution in [3.8, 4) is 0 Å². The van der Waals surface area contributed by atoms with Gasteiger partial charge in [-0.3, -0.25) is 9.69 Å². The standard InChI is InChI=1S/C16H30N2O2/c1-12-5-3-8-15(13(12)2)17-16(20)11-18(9-10-19)14-6-4-7-14/h12-15,19H,3-11H2,1-2H3,(H,17,20). The van der Waals surface area contributed by atoms with Crippen LogP contribution in [0.1, 0.15) is 52.4 Å². The van der Waals surface area contributed by atoms with Gasteiger partial charge in [0.2, 0.25) is 5.91 Å². The van der Waals surface area contributed by atoms with Gasteiger partial charge in [-0.25, -0.2) is 0 Å². The van der Waals surface area contributed by atoms with Crippen molar-refractivity contribution in [2.45, 2.75) is 64.5 Å². The summed E-state index contributed by atoms with van der Waals surface area (Å²) in [7, 11) is 0. The molecule has 1 amide bonds. The Labute approximate surface area is 122 Å². The molecule has 2 aliphatic rings. The average molecular weight is 282 g/mol. The molecule has 20 heavy (non-hydrogen) atoms. The summed E-state index contributed by atoms with van der Waals surface area (Å²) in [4.78, 5) is 14.4. The van der Waals surface area contributed by atoms with E-state index < -0.39 is 0 Å². The number of carbonyl (C=O) groups is 1. The molecule has 2 rings (SSSR count). The minimum absolute atomic E-state index is 0.135. The van der Waals surface area contributed by atoms with Crippen LogP contribution in [0, 0.1) is 11.8 Å². The number of hydrogen-bond acceptors (Lipinski definition) is 3. The van der Waals surface area contributed by atoms with Crippen molar-refractivity contribution in [1.29, 1.82) is 0 Å². The number of carbonyl (C=O) groups excluding carboxylic acids is 1. The summed E-state index contributed by atoms with van der Waals surface area (Å²) in [6.45, 7) is 5.75. The molecule has 0 spiro atoms. The lowest BCUT2D eigenvalue weighted by Crippen LogP contribution is -2.51. The van der Waals surface area contributed by atoms with E-state index in [9.17, 15) is 4.79 Å². The number of hydrogen-bond donors (Lipinski definition) is 2. The van der Waals surface area contributed by atoms with E-state index in [0.717, 1.165) is 6.42 Å². The van der Waals surface area contributed by atoms with Crippen LogP contribution in [0.4, 0.5) is 0 Å². The van der Waals surface area contributed by atoms with Gasteiger partial charge in [-0.05, 0) is 31.1 Å². The second-order valence-electron chi connectivity index (χ2n) is 6.72. The van der Waals surface area contributed by atoms with Gasteiger partial charge >= 0.3 is 0 Å². The van der Waals surface area contributed by atoms with Gasteiger partial charge in [-0.2, -0.15) is 0 Å². The third-order valence-corrected chi connectivity index (χ3v) is 5.38. The number of amides is 1. The Bertz CT molecular complexity index is 310. The second kappa shape index (κ2) is 7.41. The molecule has 0 saturated heterocycles. The first-order valence-electron chi connectivity index (χ1n) is 8.26. The molecule has 0 bridgehead atoms. The van der Waals surface area contributed by atoms with Crippen molar-refractivity contribution in [3.05, 3.63) is 0 Å². The molecule has 4 heteroatoms. The first-order chi connectivity index (χ1) is 9.61. The zero-order valence-corrected chi connectivity index (χ0v) is 13.0. The molecule has 0 aromatic heterocycles. The minimum Gasteiger partial charge on any atom is -0.395 e. The fourth-order valence-corrected chi connectivity index (χ4v) is 3.49. The topological polar surface area (TPSA) is 52.6 Å². The average Bonchev–Trinajstić information content (AvgIpc) is 2.33. The largest absolute Gasteiger partial charge is 0.395 e. The number of aliphatic hydroxyl groups is 1. The molecular weight excluding hydrogens is 252 g/mol. The van der Waals surface area contributed by atoms with Crippen molar-refractivity contribution in [1.82, 2.24) is 10.2 Å². The summed E-state index contributed by atoms with van der Waals surface area (Å²) in [5, 5.41) is 12.4. The quantitative estimate of drug-likeness (QED) is 0.781. The summed E-state index contributed by atoms with van der Waals surface area (Å²) in [6, 6.07) is 0.847. The van der Waals surface area contributed by atoms with E-state index in [-0.39, 0.29) is 12.5 Å². The van der Waals surface area contributed by atoms with Gasteiger partial charge in [0.1, 0.15) is 0 Å². The monoisotopic (exact) mass is 282 g/mol. The molecule has 3 atom stereocenters. The normalized spacial score (nSPS) is 31.1. The van der Waals surface area contributed by atoms with Gasteiger partial charge in [0.05, 0.1) is 13.2 Å². The predicted molar refractivity (Wildman–Crippen MR) is 80.4 cm³/mol. The van der Waals surface area contributed by atoms with E-state index in [1.165, 1.54) is 32.1 Å².